The van der Waals surface area contributed by atoms with Crippen LogP contribution in [0.3, 0.4) is 0 Å². The molecule has 0 aliphatic carbocycles. The summed E-state index contributed by atoms with van der Waals surface area (Å²) in [4.78, 5) is 7.45. The van der Waals surface area contributed by atoms with Crippen molar-refractivity contribution in [3.8, 4) is 6.07 Å². The van der Waals surface area contributed by atoms with Gasteiger partial charge in [0.1, 0.15) is 5.15 Å². The fraction of sp³-hybridized carbons (Fsp3) is 0.300. The van der Waals surface area contributed by atoms with E-state index in [-0.39, 0.29) is 0 Å². The first kappa shape index (κ1) is 17.5. The number of fused-ring (bicyclic) bond motifs is 1. The van der Waals surface area contributed by atoms with Crippen molar-refractivity contribution in [2.45, 2.75) is 32.7 Å². The minimum atomic E-state index is 0.549. The zero-order valence-electron chi connectivity index (χ0n) is 14.3. The molecule has 3 aromatic rings. The normalized spacial score (nSPS) is 10.9. The van der Waals surface area contributed by atoms with Gasteiger partial charge in [-0.1, -0.05) is 11.6 Å². The van der Waals surface area contributed by atoms with E-state index in [1.807, 2.05) is 31.2 Å². The predicted octanol–water partition coefficient (Wildman–Crippen LogP) is 4.51. The molecular weight excluding hydrogens is 332 g/mol. The van der Waals surface area contributed by atoms with Gasteiger partial charge < -0.3 is 10.3 Å². The van der Waals surface area contributed by atoms with Crippen molar-refractivity contribution in [2.24, 2.45) is 0 Å². The maximum absolute atomic E-state index is 9.05. The molecule has 2 aromatic heterocycles. The zero-order chi connectivity index (χ0) is 17.6. The summed E-state index contributed by atoms with van der Waals surface area (Å²) in [5.74, 6) is 0. The van der Waals surface area contributed by atoms with E-state index < -0.39 is 0 Å². The number of rotatable bonds is 7. The molecule has 128 valence electrons. The van der Waals surface area contributed by atoms with Crippen LogP contribution >= 0.6 is 11.6 Å². The highest BCUT2D eigenvalue weighted by Crippen LogP contribution is 2.21. The van der Waals surface area contributed by atoms with Crippen molar-refractivity contribution in [3.05, 3.63) is 64.1 Å². The van der Waals surface area contributed by atoms with Crippen LogP contribution in [0.1, 0.15) is 35.2 Å². The fourth-order valence-corrected chi connectivity index (χ4v) is 3.32. The molecule has 0 unspecified atom stereocenters. The molecule has 0 aliphatic rings. The Balaban J connectivity index is 1.45. The van der Waals surface area contributed by atoms with Gasteiger partial charge in [-0.3, -0.25) is 0 Å². The first-order valence-electron chi connectivity index (χ1n) is 8.49. The molecule has 2 heterocycles. The van der Waals surface area contributed by atoms with Gasteiger partial charge in [0, 0.05) is 29.3 Å². The maximum Gasteiger partial charge on any atom is 0.129 e. The average molecular weight is 353 g/mol. The zero-order valence-corrected chi connectivity index (χ0v) is 15.0. The van der Waals surface area contributed by atoms with Crippen LogP contribution in [0.2, 0.25) is 5.15 Å². The van der Waals surface area contributed by atoms with E-state index in [9.17, 15) is 0 Å². The van der Waals surface area contributed by atoms with Gasteiger partial charge in [-0.2, -0.15) is 5.26 Å². The first-order valence-corrected chi connectivity index (χ1v) is 8.87. The fourth-order valence-electron chi connectivity index (χ4n) is 3.05. The van der Waals surface area contributed by atoms with Gasteiger partial charge in [0.05, 0.1) is 11.6 Å². The van der Waals surface area contributed by atoms with E-state index in [4.69, 9.17) is 16.9 Å². The molecule has 1 aromatic carbocycles. The largest absolute Gasteiger partial charge is 0.361 e. The predicted molar refractivity (Wildman–Crippen MR) is 102 cm³/mol. The number of nitrogens with one attached hydrogen (secondary N) is 2. The summed E-state index contributed by atoms with van der Waals surface area (Å²) in [6.45, 7) is 3.72. The van der Waals surface area contributed by atoms with Crippen LogP contribution in [-0.2, 0) is 13.0 Å². The Morgan fingerprint density at radius 2 is 2.12 bits per heavy atom. The topological polar surface area (TPSA) is 64.5 Å². The summed E-state index contributed by atoms with van der Waals surface area (Å²) >= 11 is 5.98. The highest BCUT2D eigenvalue weighted by molar-refractivity contribution is 6.29. The van der Waals surface area contributed by atoms with E-state index in [0.717, 1.165) is 54.5 Å². The lowest BCUT2D eigenvalue weighted by Crippen LogP contribution is -2.15. The molecule has 0 amide bonds. The molecular formula is C20H21ClN4. The van der Waals surface area contributed by atoms with Gasteiger partial charge in [-0.05, 0) is 74.2 Å². The Morgan fingerprint density at radius 3 is 2.92 bits per heavy atom. The van der Waals surface area contributed by atoms with Gasteiger partial charge in [0.2, 0.25) is 0 Å². The maximum atomic E-state index is 9.05. The van der Waals surface area contributed by atoms with Crippen LogP contribution in [0.25, 0.3) is 10.9 Å². The summed E-state index contributed by atoms with van der Waals surface area (Å²) < 4.78 is 0. The number of pyridine rings is 1. The number of unbranched alkanes of at least 4 members (excludes halogenated alkanes) is 1. The number of nitriles is 1. The third-order valence-corrected chi connectivity index (χ3v) is 4.45. The molecule has 0 atom stereocenters. The van der Waals surface area contributed by atoms with Crippen LogP contribution in [0.5, 0.6) is 0 Å². The monoisotopic (exact) mass is 352 g/mol. The number of nitrogens with zero attached hydrogens (tertiary/aromatic N) is 2. The van der Waals surface area contributed by atoms with E-state index in [0.29, 0.717) is 10.7 Å². The van der Waals surface area contributed by atoms with Crippen molar-refractivity contribution < 1.29 is 0 Å². The SMILES string of the molecule is Cc1cc(CNCCCCc2c[nH]c3ccc(C#N)cc23)cc(Cl)n1. The van der Waals surface area contributed by atoms with Crippen LogP contribution in [0.4, 0.5) is 0 Å². The third kappa shape index (κ3) is 4.60. The van der Waals surface area contributed by atoms with E-state index in [1.54, 1.807) is 0 Å². The Kier molecular flexibility index (Phi) is 5.70. The number of hydrogen-bond acceptors (Lipinski definition) is 3. The molecule has 25 heavy (non-hydrogen) atoms. The average Bonchev–Trinajstić information content (AvgIpc) is 2.99. The Hall–Kier alpha value is -2.35. The van der Waals surface area contributed by atoms with Gasteiger partial charge in [0.25, 0.3) is 0 Å². The van der Waals surface area contributed by atoms with E-state index in [1.165, 1.54) is 5.56 Å². The lowest BCUT2D eigenvalue weighted by molar-refractivity contribution is 0.623. The summed E-state index contributed by atoms with van der Waals surface area (Å²) in [6, 6.07) is 11.9. The van der Waals surface area contributed by atoms with Crippen molar-refractivity contribution in [2.75, 3.05) is 6.54 Å². The number of aromatic nitrogens is 2. The second-order valence-corrected chi connectivity index (χ2v) is 6.65. The molecule has 0 saturated carbocycles. The van der Waals surface area contributed by atoms with E-state index in [2.05, 4.69) is 33.6 Å². The van der Waals surface area contributed by atoms with Gasteiger partial charge in [-0.15, -0.1) is 0 Å². The van der Waals surface area contributed by atoms with Crippen molar-refractivity contribution in [1.82, 2.24) is 15.3 Å². The quantitative estimate of drug-likeness (QED) is 0.485. The molecule has 0 radical (unpaired) electrons. The summed E-state index contributed by atoms with van der Waals surface area (Å²) in [5.41, 5.74) is 5.19. The number of H-pyrrole nitrogens is 1. The molecule has 0 bridgehead atoms. The first-order chi connectivity index (χ1) is 12.2. The van der Waals surface area contributed by atoms with Gasteiger partial charge in [0.15, 0.2) is 0 Å². The van der Waals surface area contributed by atoms with Gasteiger partial charge >= 0.3 is 0 Å². The Bertz CT molecular complexity index is 887. The summed E-state index contributed by atoms with van der Waals surface area (Å²) in [5, 5.41) is 14.2. The van der Waals surface area contributed by atoms with Gasteiger partial charge in [-0.25, -0.2) is 4.98 Å². The number of halogens is 1. The van der Waals surface area contributed by atoms with Crippen LogP contribution in [0.15, 0.2) is 36.5 Å². The lowest BCUT2D eigenvalue weighted by atomic mass is 10.1. The third-order valence-electron chi connectivity index (χ3n) is 4.26. The molecule has 0 saturated heterocycles. The van der Waals surface area contributed by atoms with E-state index >= 15 is 0 Å². The molecule has 0 spiro atoms. The lowest BCUT2D eigenvalue weighted by Gasteiger charge is -2.06. The Labute approximate surface area is 152 Å². The van der Waals surface area contributed by atoms with Crippen molar-refractivity contribution >= 4 is 22.5 Å². The molecule has 0 aliphatic heterocycles. The number of benzene rings is 1. The van der Waals surface area contributed by atoms with Crippen molar-refractivity contribution in [1.29, 1.82) is 5.26 Å². The van der Waals surface area contributed by atoms with Crippen LogP contribution < -0.4 is 5.32 Å². The second-order valence-electron chi connectivity index (χ2n) is 6.26. The number of aryl methyl sites for hydroxylation is 2. The molecule has 0 fully saturated rings. The molecule has 5 heteroatoms. The number of hydrogen-bond donors (Lipinski definition) is 2. The molecule has 4 nitrogen and oxygen atoms in total. The second kappa shape index (κ2) is 8.15. The molecule has 2 N–H and O–H groups in total. The standard InChI is InChI=1S/C20H21ClN4/c1-14-8-16(10-20(21)25-14)12-23-7-3-2-4-17-13-24-19-6-5-15(11-22)9-18(17)19/h5-6,8-10,13,23-24H,2-4,7,12H2,1H3. The summed E-state index contributed by atoms with van der Waals surface area (Å²) in [6.07, 6.45) is 5.27. The minimum Gasteiger partial charge on any atom is -0.361 e. The molecule has 3 rings (SSSR count). The highest BCUT2D eigenvalue weighted by Gasteiger charge is 2.05. The summed E-state index contributed by atoms with van der Waals surface area (Å²) in [7, 11) is 0. The number of aromatic amines is 1. The smallest absolute Gasteiger partial charge is 0.129 e. The highest BCUT2D eigenvalue weighted by atomic mass is 35.5. The van der Waals surface area contributed by atoms with Crippen LogP contribution in [0, 0.1) is 18.3 Å². The minimum absolute atomic E-state index is 0.549. The van der Waals surface area contributed by atoms with Crippen molar-refractivity contribution in [3.63, 3.8) is 0 Å². The Morgan fingerprint density at radius 1 is 1.24 bits per heavy atom. The van der Waals surface area contributed by atoms with Crippen LogP contribution in [-0.4, -0.2) is 16.5 Å².